The standard InChI is InChI=1S/C21H20O2/c1-4-14-15-7-5-6-8-16(15)21-17(14)10-9-13-11-19(22-2)20(23-3)12-18(13)21/h5-12,14H,4H2,1-3H3. The van der Waals surface area contributed by atoms with E-state index in [2.05, 4.69) is 55.5 Å². The van der Waals surface area contributed by atoms with Gasteiger partial charge in [-0.3, -0.25) is 0 Å². The van der Waals surface area contributed by atoms with Crippen LogP contribution < -0.4 is 9.47 Å². The number of hydrogen-bond donors (Lipinski definition) is 0. The van der Waals surface area contributed by atoms with Crippen LogP contribution in [0, 0.1) is 0 Å². The first-order valence-corrected chi connectivity index (χ1v) is 8.06. The van der Waals surface area contributed by atoms with Crippen LogP contribution >= 0.6 is 0 Å². The Labute approximate surface area is 136 Å². The van der Waals surface area contributed by atoms with Gasteiger partial charge < -0.3 is 9.47 Å². The molecule has 0 bridgehead atoms. The van der Waals surface area contributed by atoms with Crippen molar-refractivity contribution >= 4 is 10.8 Å². The molecule has 0 radical (unpaired) electrons. The average molecular weight is 304 g/mol. The maximum absolute atomic E-state index is 5.52. The van der Waals surface area contributed by atoms with E-state index < -0.39 is 0 Å². The van der Waals surface area contributed by atoms with Crippen molar-refractivity contribution in [3.8, 4) is 22.6 Å². The van der Waals surface area contributed by atoms with Crippen LogP contribution in [0.15, 0.2) is 48.5 Å². The summed E-state index contributed by atoms with van der Waals surface area (Å²) in [6.45, 7) is 2.26. The molecule has 1 atom stereocenters. The van der Waals surface area contributed by atoms with Gasteiger partial charge in [0.1, 0.15) is 0 Å². The summed E-state index contributed by atoms with van der Waals surface area (Å²) in [6, 6.07) is 17.4. The third kappa shape index (κ3) is 1.94. The van der Waals surface area contributed by atoms with Crippen molar-refractivity contribution in [3.05, 3.63) is 59.7 Å². The Hall–Kier alpha value is -2.48. The quantitative estimate of drug-likeness (QED) is 0.647. The number of rotatable bonds is 3. The third-order valence-corrected chi connectivity index (χ3v) is 4.95. The largest absolute Gasteiger partial charge is 0.493 e. The molecular weight excluding hydrogens is 284 g/mol. The van der Waals surface area contributed by atoms with E-state index in [9.17, 15) is 0 Å². The maximum atomic E-state index is 5.52. The highest BCUT2D eigenvalue weighted by molar-refractivity contribution is 6.03. The Morgan fingerprint density at radius 1 is 0.870 bits per heavy atom. The van der Waals surface area contributed by atoms with E-state index in [0.29, 0.717) is 5.92 Å². The summed E-state index contributed by atoms with van der Waals surface area (Å²) in [5.41, 5.74) is 5.57. The van der Waals surface area contributed by atoms with Crippen LogP contribution in [0.4, 0.5) is 0 Å². The van der Waals surface area contributed by atoms with Gasteiger partial charge in [0, 0.05) is 5.92 Å². The van der Waals surface area contributed by atoms with Crippen LogP contribution in [0.1, 0.15) is 30.4 Å². The van der Waals surface area contributed by atoms with E-state index >= 15 is 0 Å². The second-order valence-electron chi connectivity index (χ2n) is 6.01. The van der Waals surface area contributed by atoms with Crippen LogP contribution in [-0.2, 0) is 0 Å². The number of hydrogen-bond acceptors (Lipinski definition) is 2. The minimum Gasteiger partial charge on any atom is -0.493 e. The number of methoxy groups -OCH3 is 2. The molecule has 0 N–H and O–H groups in total. The van der Waals surface area contributed by atoms with E-state index in [0.717, 1.165) is 17.9 Å². The fourth-order valence-electron chi connectivity index (χ4n) is 3.89. The maximum Gasteiger partial charge on any atom is 0.161 e. The summed E-state index contributed by atoms with van der Waals surface area (Å²) < 4.78 is 11.0. The summed E-state index contributed by atoms with van der Waals surface area (Å²) in [5.74, 6) is 2.04. The highest BCUT2D eigenvalue weighted by Crippen LogP contribution is 2.50. The molecule has 1 unspecified atom stereocenters. The van der Waals surface area contributed by atoms with Crippen molar-refractivity contribution in [2.75, 3.05) is 14.2 Å². The zero-order valence-corrected chi connectivity index (χ0v) is 13.7. The van der Waals surface area contributed by atoms with Crippen LogP contribution in [0.25, 0.3) is 21.9 Å². The van der Waals surface area contributed by atoms with Crippen molar-refractivity contribution in [2.24, 2.45) is 0 Å². The molecule has 0 saturated heterocycles. The highest BCUT2D eigenvalue weighted by Gasteiger charge is 2.28. The zero-order chi connectivity index (χ0) is 16.0. The Morgan fingerprint density at radius 2 is 1.61 bits per heavy atom. The summed E-state index contributed by atoms with van der Waals surface area (Å²) in [6.07, 6.45) is 1.11. The van der Waals surface area contributed by atoms with Crippen molar-refractivity contribution in [3.63, 3.8) is 0 Å². The lowest BCUT2D eigenvalue weighted by Gasteiger charge is -2.13. The molecule has 0 amide bonds. The Bertz CT molecular complexity index is 896. The van der Waals surface area contributed by atoms with Crippen LogP contribution in [-0.4, -0.2) is 14.2 Å². The van der Waals surface area contributed by atoms with E-state index in [1.807, 2.05) is 0 Å². The topological polar surface area (TPSA) is 18.5 Å². The van der Waals surface area contributed by atoms with Gasteiger partial charge in [-0.2, -0.15) is 0 Å². The fraction of sp³-hybridized carbons (Fsp3) is 0.238. The van der Waals surface area contributed by atoms with Crippen molar-refractivity contribution in [1.29, 1.82) is 0 Å². The Balaban J connectivity index is 2.09. The average Bonchev–Trinajstić information content (AvgIpc) is 2.94. The first-order valence-electron chi connectivity index (χ1n) is 8.06. The first-order chi connectivity index (χ1) is 11.3. The number of benzene rings is 3. The summed E-state index contributed by atoms with van der Waals surface area (Å²) in [4.78, 5) is 0. The van der Waals surface area contributed by atoms with Gasteiger partial charge in [-0.15, -0.1) is 0 Å². The molecule has 116 valence electrons. The van der Waals surface area contributed by atoms with Crippen molar-refractivity contribution < 1.29 is 9.47 Å². The summed E-state index contributed by atoms with van der Waals surface area (Å²) in [5, 5.41) is 2.43. The van der Waals surface area contributed by atoms with Gasteiger partial charge in [0.25, 0.3) is 0 Å². The van der Waals surface area contributed by atoms with Gasteiger partial charge in [-0.05, 0) is 51.6 Å². The number of ether oxygens (including phenoxy) is 2. The van der Waals surface area contributed by atoms with Crippen LogP contribution in [0.3, 0.4) is 0 Å². The van der Waals surface area contributed by atoms with Gasteiger partial charge in [-0.1, -0.05) is 43.3 Å². The molecule has 4 rings (SSSR count). The Kier molecular flexibility index (Phi) is 3.26. The lowest BCUT2D eigenvalue weighted by atomic mass is 9.93. The monoisotopic (exact) mass is 304 g/mol. The first kappa shape index (κ1) is 14.1. The van der Waals surface area contributed by atoms with Crippen LogP contribution in [0.2, 0.25) is 0 Å². The molecular formula is C21H20O2. The molecule has 23 heavy (non-hydrogen) atoms. The second-order valence-corrected chi connectivity index (χ2v) is 6.01. The third-order valence-electron chi connectivity index (χ3n) is 4.95. The second kappa shape index (κ2) is 5.31. The van der Waals surface area contributed by atoms with Crippen molar-refractivity contribution in [1.82, 2.24) is 0 Å². The highest BCUT2D eigenvalue weighted by atomic mass is 16.5. The fourth-order valence-corrected chi connectivity index (χ4v) is 3.89. The zero-order valence-electron chi connectivity index (χ0n) is 13.7. The molecule has 1 aliphatic rings. The van der Waals surface area contributed by atoms with Gasteiger partial charge in [0.2, 0.25) is 0 Å². The minimum absolute atomic E-state index is 0.485. The summed E-state index contributed by atoms with van der Waals surface area (Å²) in [7, 11) is 3.37. The molecule has 3 aromatic rings. The summed E-state index contributed by atoms with van der Waals surface area (Å²) >= 11 is 0. The lowest BCUT2D eigenvalue weighted by molar-refractivity contribution is 0.356. The smallest absolute Gasteiger partial charge is 0.161 e. The minimum atomic E-state index is 0.485. The van der Waals surface area contributed by atoms with E-state index in [1.165, 1.54) is 33.0 Å². The molecule has 2 nitrogen and oxygen atoms in total. The van der Waals surface area contributed by atoms with E-state index in [-0.39, 0.29) is 0 Å². The molecule has 1 aliphatic carbocycles. The van der Waals surface area contributed by atoms with Gasteiger partial charge in [0.15, 0.2) is 11.5 Å². The lowest BCUT2D eigenvalue weighted by Crippen LogP contribution is -1.94. The number of fused-ring (bicyclic) bond motifs is 5. The molecule has 0 fully saturated rings. The molecule has 0 aliphatic heterocycles. The normalized spacial score (nSPS) is 15.3. The van der Waals surface area contributed by atoms with Gasteiger partial charge in [0.05, 0.1) is 14.2 Å². The van der Waals surface area contributed by atoms with Gasteiger partial charge in [-0.25, -0.2) is 0 Å². The molecule has 0 heterocycles. The van der Waals surface area contributed by atoms with Crippen LogP contribution in [0.5, 0.6) is 11.5 Å². The molecule has 0 aromatic heterocycles. The molecule has 2 heteroatoms. The van der Waals surface area contributed by atoms with Gasteiger partial charge >= 0.3 is 0 Å². The molecule has 0 saturated carbocycles. The SMILES string of the molecule is CCC1c2ccccc2-c2c1ccc1cc(OC)c(OC)cc21. The molecule has 0 spiro atoms. The Morgan fingerprint density at radius 3 is 2.35 bits per heavy atom. The van der Waals surface area contributed by atoms with E-state index in [4.69, 9.17) is 9.47 Å². The predicted octanol–water partition coefficient (Wildman–Crippen LogP) is 5.38. The predicted molar refractivity (Wildman–Crippen MR) is 94.6 cm³/mol. The molecule has 3 aromatic carbocycles. The van der Waals surface area contributed by atoms with Crippen molar-refractivity contribution in [2.45, 2.75) is 19.3 Å². The van der Waals surface area contributed by atoms with E-state index in [1.54, 1.807) is 14.2 Å².